The average molecular weight is 339 g/mol. The number of hydrogen-bond acceptors (Lipinski definition) is 2. The molecule has 2 atom stereocenters. The predicted octanol–water partition coefficient (Wildman–Crippen LogP) is 4.75. The maximum absolute atomic E-state index is 3.63. The summed E-state index contributed by atoms with van der Waals surface area (Å²) in [5, 5.41) is 3.37. The Morgan fingerprint density at radius 2 is 2.15 bits per heavy atom. The lowest BCUT2D eigenvalue weighted by Gasteiger charge is -2.28. The van der Waals surface area contributed by atoms with Gasteiger partial charge in [-0.15, -0.1) is 0 Å². The fourth-order valence-electron chi connectivity index (χ4n) is 3.13. The second-order valence-electron chi connectivity index (χ2n) is 5.91. The number of nitrogens with one attached hydrogen (secondary N) is 1. The highest BCUT2D eigenvalue weighted by atomic mass is 79.9. The smallest absolute Gasteiger partial charge is 0.0425 e. The van der Waals surface area contributed by atoms with Crippen molar-refractivity contribution < 1.29 is 0 Å². The molecule has 1 aliphatic heterocycles. The van der Waals surface area contributed by atoms with Crippen molar-refractivity contribution in [2.75, 3.05) is 25.0 Å². The van der Waals surface area contributed by atoms with Gasteiger partial charge >= 0.3 is 0 Å². The Bertz CT molecular complexity index is 433. The van der Waals surface area contributed by atoms with Crippen molar-refractivity contribution in [1.29, 1.82) is 0 Å². The van der Waals surface area contributed by atoms with E-state index < -0.39 is 0 Å². The summed E-state index contributed by atoms with van der Waals surface area (Å²) in [6.45, 7) is 6.95. The topological polar surface area (TPSA) is 15.3 Å². The zero-order valence-electron chi connectivity index (χ0n) is 13.0. The Morgan fingerprint density at radius 3 is 2.85 bits per heavy atom. The van der Waals surface area contributed by atoms with Gasteiger partial charge in [-0.25, -0.2) is 0 Å². The third kappa shape index (κ3) is 3.76. The van der Waals surface area contributed by atoms with Crippen LogP contribution in [0.15, 0.2) is 22.7 Å². The van der Waals surface area contributed by atoms with E-state index in [0.717, 1.165) is 5.92 Å². The van der Waals surface area contributed by atoms with E-state index in [0.29, 0.717) is 6.04 Å². The first-order valence-corrected chi connectivity index (χ1v) is 8.66. The first-order chi connectivity index (χ1) is 9.65. The van der Waals surface area contributed by atoms with E-state index >= 15 is 0 Å². The van der Waals surface area contributed by atoms with Crippen LogP contribution in [0.1, 0.15) is 51.1 Å². The van der Waals surface area contributed by atoms with Crippen LogP contribution in [-0.4, -0.2) is 20.1 Å². The number of halogens is 1. The molecule has 1 aliphatic rings. The minimum absolute atomic E-state index is 0.392. The lowest BCUT2D eigenvalue weighted by atomic mass is 9.98. The van der Waals surface area contributed by atoms with E-state index in [4.69, 9.17) is 0 Å². The fourth-order valence-corrected chi connectivity index (χ4v) is 3.48. The number of nitrogens with zero attached hydrogens (tertiary/aromatic N) is 1. The summed E-state index contributed by atoms with van der Waals surface area (Å²) in [6, 6.07) is 7.08. The Hall–Kier alpha value is -0.540. The summed E-state index contributed by atoms with van der Waals surface area (Å²) in [4.78, 5) is 2.59. The van der Waals surface area contributed by atoms with Crippen molar-refractivity contribution in [3.63, 3.8) is 0 Å². The summed E-state index contributed by atoms with van der Waals surface area (Å²) < 4.78 is 1.18. The van der Waals surface area contributed by atoms with Crippen LogP contribution in [0.25, 0.3) is 0 Å². The minimum atomic E-state index is 0.392. The number of hydrogen-bond donors (Lipinski definition) is 1. The molecule has 2 rings (SSSR count). The predicted molar refractivity (Wildman–Crippen MR) is 91.5 cm³/mol. The van der Waals surface area contributed by atoms with E-state index in [2.05, 4.69) is 58.2 Å². The standard InChI is InChI=1S/C17H27BrN2/c1-4-14-6-5-10-20(11-9-14)17-12-15(18)7-8-16(17)13(2)19-3/h7-8,12-14,19H,4-6,9-11H2,1-3H3. The second-order valence-corrected chi connectivity index (χ2v) is 6.82. The van der Waals surface area contributed by atoms with E-state index in [1.807, 2.05) is 7.05 Å². The normalized spacial score (nSPS) is 21.6. The van der Waals surface area contributed by atoms with Crippen molar-refractivity contribution in [3.8, 4) is 0 Å². The number of rotatable bonds is 4. The van der Waals surface area contributed by atoms with Crippen LogP contribution in [-0.2, 0) is 0 Å². The average Bonchev–Trinajstić information content (AvgIpc) is 2.71. The van der Waals surface area contributed by atoms with Crippen LogP contribution >= 0.6 is 15.9 Å². The highest BCUT2D eigenvalue weighted by molar-refractivity contribution is 9.10. The van der Waals surface area contributed by atoms with Gasteiger partial charge in [-0.3, -0.25) is 0 Å². The van der Waals surface area contributed by atoms with Crippen LogP contribution < -0.4 is 10.2 Å². The second kappa shape index (κ2) is 7.46. The van der Waals surface area contributed by atoms with Crippen molar-refractivity contribution in [2.45, 2.75) is 45.6 Å². The lowest BCUT2D eigenvalue weighted by Crippen LogP contribution is -2.27. The van der Waals surface area contributed by atoms with E-state index in [-0.39, 0.29) is 0 Å². The fraction of sp³-hybridized carbons (Fsp3) is 0.647. The monoisotopic (exact) mass is 338 g/mol. The number of benzene rings is 1. The molecular formula is C17H27BrN2. The van der Waals surface area contributed by atoms with Crippen LogP contribution in [0.2, 0.25) is 0 Å². The van der Waals surface area contributed by atoms with Crippen molar-refractivity contribution in [3.05, 3.63) is 28.2 Å². The van der Waals surface area contributed by atoms with Gasteiger partial charge in [-0.2, -0.15) is 0 Å². The van der Waals surface area contributed by atoms with Gasteiger partial charge in [0.15, 0.2) is 0 Å². The molecular weight excluding hydrogens is 312 g/mol. The summed E-state index contributed by atoms with van der Waals surface area (Å²) >= 11 is 3.63. The highest BCUT2D eigenvalue weighted by Crippen LogP contribution is 2.32. The molecule has 1 aromatic rings. The first-order valence-electron chi connectivity index (χ1n) is 7.87. The molecule has 3 heteroatoms. The first kappa shape index (κ1) is 15.8. The SMILES string of the molecule is CCC1CCCN(c2cc(Br)ccc2C(C)NC)CC1. The molecule has 0 bridgehead atoms. The molecule has 20 heavy (non-hydrogen) atoms. The van der Waals surface area contributed by atoms with Gasteiger partial charge in [-0.05, 0) is 56.8 Å². The molecule has 0 aromatic heterocycles. The molecule has 1 N–H and O–H groups in total. The molecule has 1 aromatic carbocycles. The summed E-state index contributed by atoms with van der Waals surface area (Å²) in [5.41, 5.74) is 2.81. The molecule has 0 saturated carbocycles. The summed E-state index contributed by atoms with van der Waals surface area (Å²) in [5.74, 6) is 0.914. The van der Waals surface area contributed by atoms with Gasteiger partial charge in [-0.1, -0.05) is 35.3 Å². The van der Waals surface area contributed by atoms with Crippen LogP contribution in [0.4, 0.5) is 5.69 Å². The van der Waals surface area contributed by atoms with Gasteiger partial charge < -0.3 is 10.2 Å². The van der Waals surface area contributed by atoms with Gasteiger partial charge in [0.25, 0.3) is 0 Å². The van der Waals surface area contributed by atoms with Gasteiger partial charge in [0.2, 0.25) is 0 Å². The van der Waals surface area contributed by atoms with E-state index in [1.54, 1.807) is 0 Å². The highest BCUT2D eigenvalue weighted by Gasteiger charge is 2.19. The molecule has 0 amide bonds. The van der Waals surface area contributed by atoms with Crippen molar-refractivity contribution in [2.24, 2.45) is 5.92 Å². The molecule has 1 heterocycles. The molecule has 0 aliphatic carbocycles. The largest absolute Gasteiger partial charge is 0.371 e. The van der Waals surface area contributed by atoms with Crippen molar-refractivity contribution >= 4 is 21.6 Å². The Kier molecular flexibility index (Phi) is 5.91. The van der Waals surface area contributed by atoms with Gasteiger partial charge in [0.05, 0.1) is 0 Å². The molecule has 112 valence electrons. The lowest BCUT2D eigenvalue weighted by molar-refractivity contribution is 0.459. The molecule has 2 unspecified atom stereocenters. The van der Waals surface area contributed by atoms with Crippen LogP contribution in [0, 0.1) is 5.92 Å². The summed E-state index contributed by atoms with van der Waals surface area (Å²) in [7, 11) is 2.03. The molecule has 1 saturated heterocycles. The molecule has 1 fully saturated rings. The molecule has 0 spiro atoms. The quantitative estimate of drug-likeness (QED) is 0.852. The van der Waals surface area contributed by atoms with Crippen LogP contribution in [0.5, 0.6) is 0 Å². The van der Waals surface area contributed by atoms with E-state index in [9.17, 15) is 0 Å². The van der Waals surface area contributed by atoms with Crippen LogP contribution in [0.3, 0.4) is 0 Å². The van der Waals surface area contributed by atoms with Gasteiger partial charge in [0, 0.05) is 29.3 Å². The third-order valence-electron chi connectivity index (χ3n) is 4.66. The van der Waals surface area contributed by atoms with E-state index in [1.165, 1.54) is 54.5 Å². The Balaban J connectivity index is 2.24. The minimum Gasteiger partial charge on any atom is -0.371 e. The summed E-state index contributed by atoms with van der Waals surface area (Å²) in [6.07, 6.45) is 5.36. The van der Waals surface area contributed by atoms with Gasteiger partial charge in [0.1, 0.15) is 0 Å². The molecule has 0 radical (unpaired) electrons. The van der Waals surface area contributed by atoms with Crippen molar-refractivity contribution in [1.82, 2.24) is 5.32 Å². The maximum Gasteiger partial charge on any atom is 0.0425 e. The maximum atomic E-state index is 3.63. The molecule has 2 nitrogen and oxygen atoms in total. The number of anilines is 1. The Morgan fingerprint density at radius 1 is 1.35 bits per heavy atom. The Labute approximate surface area is 132 Å². The zero-order valence-corrected chi connectivity index (χ0v) is 14.5. The third-order valence-corrected chi connectivity index (χ3v) is 5.15. The zero-order chi connectivity index (χ0) is 14.5.